The van der Waals surface area contributed by atoms with Crippen molar-refractivity contribution in [1.82, 2.24) is 10.4 Å². The van der Waals surface area contributed by atoms with Crippen LogP contribution in [0.4, 0.5) is 4.79 Å². The van der Waals surface area contributed by atoms with Gasteiger partial charge in [0.05, 0.1) is 17.5 Å². The van der Waals surface area contributed by atoms with E-state index in [9.17, 15) is 24.0 Å². The quantitative estimate of drug-likeness (QED) is 0.218. The number of carbonyl (C=O) groups excluding carboxylic acids is 5. The smallest absolute Gasteiger partial charge is 0.407 e. The number of alkyl carbamates (subject to hydrolysis) is 1. The predicted molar refractivity (Wildman–Crippen MR) is 156 cm³/mol. The van der Waals surface area contributed by atoms with Crippen LogP contribution in [0.3, 0.4) is 0 Å². The molecule has 1 heterocycles. The average Bonchev–Trinajstić information content (AvgIpc) is 3.50. The molecule has 10 nitrogen and oxygen atoms in total. The van der Waals surface area contributed by atoms with Crippen LogP contribution in [-0.4, -0.2) is 47.6 Å². The number of imide groups is 1. The van der Waals surface area contributed by atoms with Crippen LogP contribution in [0.5, 0.6) is 0 Å². The number of rotatable bonds is 9. The van der Waals surface area contributed by atoms with Gasteiger partial charge < -0.3 is 19.6 Å². The lowest BCUT2D eigenvalue weighted by Crippen LogP contribution is -2.47. The van der Waals surface area contributed by atoms with Crippen molar-refractivity contribution >= 4 is 29.8 Å². The largest absolute Gasteiger partial charge is 0.461 e. The number of amides is 3. The Kier molecular flexibility index (Phi) is 7.88. The Labute approximate surface area is 252 Å². The molecule has 3 amide bonds. The van der Waals surface area contributed by atoms with Gasteiger partial charge in [-0.1, -0.05) is 96.1 Å². The minimum atomic E-state index is -1.63. The molecule has 0 bridgehead atoms. The number of nitrogens with zero attached hydrogens (tertiary/aromatic N) is 1. The molecule has 4 aromatic rings. The molecule has 0 radical (unpaired) electrons. The fraction of sp³-hybridized carbons (Fsp3) is 0.147. The fourth-order valence-electron chi connectivity index (χ4n) is 5.34. The van der Waals surface area contributed by atoms with Gasteiger partial charge in [-0.05, 0) is 39.9 Å². The van der Waals surface area contributed by atoms with Gasteiger partial charge >= 0.3 is 18.0 Å². The zero-order chi connectivity index (χ0) is 30.6. The van der Waals surface area contributed by atoms with Crippen LogP contribution in [-0.2, 0) is 30.5 Å². The molecular weight excluding hydrogens is 564 g/mol. The number of ether oxygens (including phenoxy) is 2. The van der Waals surface area contributed by atoms with Crippen LogP contribution in [0.1, 0.15) is 49.7 Å². The van der Waals surface area contributed by atoms with Gasteiger partial charge in [0.1, 0.15) is 19.3 Å². The van der Waals surface area contributed by atoms with E-state index in [-0.39, 0.29) is 30.3 Å². The van der Waals surface area contributed by atoms with Crippen LogP contribution in [0.15, 0.2) is 103 Å². The summed E-state index contributed by atoms with van der Waals surface area (Å²) in [7, 11) is 0. The summed E-state index contributed by atoms with van der Waals surface area (Å²) in [5.41, 5.74) is 4.92. The molecule has 0 spiro atoms. The van der Waals surface area contributed by atoms with Crippen LogP contribution in [0, 0.1) is 0 Å². The Morgan fingerprint density at radius 2 is 1.20 bits per heavy atom. The highest BCUT2D eigenvalue weighted by molar-refractivity contribution is 6.21. The first-order chi connectivity index (χ1) is 21.4. The summed E-state index contributed by atoms with van der Waals surface area (Å²) < 4.78 is 10.8. The van der Waals surface area contributed by atoms with Gasteiger partial charge in [-0.2, -0.15) is 0 Å². The molecule has 0 fully saturated rings. The highest BCUT2D eigenvalue weighted by atomic mass is 16.7. The zero-order valence-electron chi connectivity index (χ0n) is 23.3. The maximum absolute atomic E-state index is 13.2. The molecule has 44 heavy (non-hydrogen) atoms. The number of nitrogens with one attached hydrogen (secondary N) is 1. The van der Waals surface area contributed by atoms with Gasteiger partial charge in [0.25, 0.3) is 11.8 Å². The van der Waals surface area contributed by atoms with Crippen LogP contribution in [0.25, 0.3) is 11.1 Å². The second-order valence-electron chi connectivity index (χ2n) is 10.2. The molecule has 1 atom stereocenters. The highest BCUT2D eigenvalue weighted by Crippen LogP contribution is 2.44. The molecule has 1 N–H and O–H groups in total. The van der Waals surface area contributed by atoms with Crippen molar-refractivity contribution < 1.29 is 38.3 Å². The number of benzene rings is 4. The van der Waals surface area contributed by atoms with Gasteiger partial charge in [-0.3, -0.25) is 14.4 Å². The van der Waals surface area contributed by atoms with E-state index in [0.29, 0.717) is 5.06 Å². The van der Waals surface area contributed by atoms with E-state index >= 15 is 0 Å². The van der Waals surface area contributed by atoms with Crippen molar-refractivity contribution in [2.45, 2.75) is 25.0 Å². The van der Waals surface area contributed by atoms with Crippen LogP contribution >= 0.6 is 0 Å². The standard InChI is InChI=1S/C34H26N2O8/c37-30(42-19-21-10-2-1-3-11-21)18-29(33(40)44-36-31(38)26-16-8-9-17-27(26)32(36)39)35-34(41)43-20-28-24-14-6-4-12-22(24)23-13-5-7-15-25(23)28/h1-17,28-29H,18-20H2,(H,35,41)/t29-/m0/s1. The first-order valence-electron chi connectivity index (χ1n) is 13.9. The minimum absolute atomic E-state index is 0.0432. The molecule has 10 heteroatoms. The fourth-order valence-corrected chi connectivity index (χ4v) is 5.34. The summed E-state index contributed by atoms with van der Waals surface area (Å²) in [6.07, 6.45) is -1.63. The van der Waals surface area contributed by atoms with E-state index in [4.69, 9.17) is 14.3 Å². The third-order valence-corrected chi connectivity index (χ3v) is 7.47. The second kappa shape index (κ2) is 12.2. The lowest BCUT2D eigenvalue weighted by Gasteiger charge is -2.20. The molecule has 0 unspecified atom stereocenters. The van der Waals surface area contributed by atoms with E-state index in [1.54, 1.807) is 36.4 Å². The Morgan fingerprint density at radius 1 is 0.682 bits per heavy atom. The van der Waals surface area contributed by atoms with Gasteiger partial charge in [-0.25, -0.2) is 9.59 Å². The monoisotopic (exact) mass is 590 g/mol. The average molecular weight is 591 g/mol. The molecule has 2 aliphatic rings. The summed E-state index contributed by atoms with van der Waals surface area (Å²) in [5, 5.41) is 2.67. The van der Waals surface area contributed by atoms with E-state index in [0.717, 1.165) is 27.8 Å². The molecule has 0 aromatic heterocycles. The zero-order valence-corrected chi connectivity index (χ0v) is 23.3. The Hall–Kier alpha value is -5.77. The second-order valence-corrected chi connectivity index (χ2v) is 10.2. The van der Waals surface area contributed by atoms with E-state index in [1.165, 1.54) is 12.1 Å². The van der Waals surface area contributed by atoms with Gasteiger partial charge in [0, 0.05) is 5.92 Å². The Morgan fingerprint density at radius 3 is 1.80 bits per heavy atom. The highest BCUT2D eigenvalue weighted by Gasteiger charge is 2.40. The lowest BCUT2D eigenvalue weighted by atomic mass is 9.98. The molecule has 4 aromatic carbocycles. The van der Waals surface area contributed by atoms with E-state index in [2.05, 4.69) is 5.32 Å². The first-order valence-corrected chi connectivity index (χ1v) is 13.9. The Bertz CT molecular complexity index is 1690. The summed E-state index contributed by atoms with van der Waals surface area (Å²) in [4.78, 5) is 69.6. The van der Waals surface area contributed by atoms with Crippen molar-refractivity contribution in [3.05, 3.63) is 131 Å². The summed E-state index contributed by atoms with van der Waals surface area (Å²) in [6.45, 7) is -0.108. The molecule has 220 valence electrons. The number of esters is 1. The summed E-state index contributed by atoms with van der Waals surface area (Å²) in [6, 6.07) is 28.9. The molecule has 0 saturated heterocycles. The van der Waals surface area contributed by atoms with Crippen molar-refractivity contribution in [3.8, 4) is 11.1 Å². The first kappa shape index (κ1) is 28.4. The van der Waals surface area contributed by atoms with Crippen molar-refractivity contribution in [3.63, 3.8) is 0 Å². The predicted octanol–water partition coefficient (Wildman–Crippen LogP) is 4.78. The normalized spacial score (nSPS) is 13.9. The number of carbonyl (C=O) groups is 5. The van der Waals surface area contributed by atoms with Crippen molar-refractivity contribution in [2.24, 2.45) is 0 Å². The Balaban J connectivity index is 1.15. The lowest BCUT2D eigenvalue weighted by molar-refractivity contribution is -0.172. The summed E-state index contributed by atoms with van der Waals surface area (Å²) >= 11 is 0. The molecule has 1 aliphatic carbocycles. The van der Waals surface area contributed by atoms with Crippen LogP contribution in [0.2, 0.25) is 0 Å². The van der Waals surface area contributed by atoms with Crippen LogP contribution < -0.4 is 5.32 Å². The topological polar surface area (TPSA) is 128 Å². The van der Waals surface area contributed by atoms with Gasteiger partial charge in [0.2, 0.25) is 0 Å². The summed E-state index contributed by atoms with van der Waals surface area (Å²) in [5.74, 6) is -3.97. The number of hydrogen-bond donors (Lipinski definition) is 1. The van der Waals surface area contributed by atoms with Gasteiger partial charge in [0.15, 0.2) is 0 Å². The van der Waals surface area contributed by atoms with Crippen molar-refractivity contribution in [1.29, 1.82) is 0 Å². The molecule has 0 saturated carbocycles. The number of hydroxylamine groups is 2. The number of fused-ring (bicyclic) bond motifs is 4. The number of hydrogen-bond acceptors (Lipinski definition) is 8. The maximum Gasteiger partial charge on any atom is 0.407 e. The van der Waals surface area contributed by atoms with Gasteiger partial charge in [-0.15, -0.1) is 0 Å². The minimum Gasteiger partial charge on any atom is -0.461 e. The third kappa shape index (κ3) is 5.65. The SMILES string of the molecule is O=C(C[C@H](NC(=O)OCC1c2ccccc2-c2ccccc21)C(=O)ON1C(=O)c2ccccc2C1=O)OCc1ccccc1. The maximum atomic E-state index is 13.2. The van der Waals surface area contributed by atoms with E-state index < -0.39 is 42.3 Å². The molecular formula is C34H26N2O8. The van der Waals surface area contributed by atoms with Crippen molar-refractivity contribution in [2.75, 3.05) is 6.61 Å². The third-order valence-electron chi connectivity index (χ3n) is 7.47. The molecule has 6 rings (SSSR count). The molecule has 1 aliphatic heterocycles. The van der Waals surface area contributed by atoms with E-state index in [1.807, 2.05) is 54.6 Å².